The van der Waals surface area contributed by atoms with Gasteiger partial charge in [0, 0.05) is 24.3 Å². The van der Waals surface area contributed by atoms with E-state index in [2.05, 4.69) is 26.0 Å². The Kier molecular flexibility index (Phi) is 9.78. The SMILES string of the molecule is Cc1ccc(S(=O)(=O)N[C@@H](CC(=O)NC(C)(C)C)C(=O)NCCNC(=O)Nc2ccccc2)cc1. The second-order valence-electron chi connectivity index (χ2n) is 9.03. The summed E-state index contributed by atoms with van der Waals surface area (Å²) in [5, 5.41) is 10.5. The van der Waals surface area contributed by atoms with Crippen molar-refractivity contribution in [2.45, 2.75) is 50.6 Å². The fourth-order valence-electron chi connectivity index (χ4n) is 3.00. The zero-order valence-corrected chi connectivity index (χ0v) is 21.2. The summed E-state index contributed by atoms with van der Waals surface area (Å²) in [6.07, 6.45) is -0.393. The van der Waals surface area contributed by atoms with E-state index in [1.807, 2.05) is 13.0 Å². The average molecular weight is 504 g/mol. The molecule has 2 aromatic rings. The van der Waals surface area contributed by atoms with E-state index in [1.54, 1.807) is 57.2 Å². The Morgan fingerprint density at radius 2 is 1.49 bits per heavy atom. The van der Waals surface area contributed by atoms with Crippen LogP contribution in [-0.2, 0) is 19.6 Å². The molecule has 0 spiro atoms. The van der Waals surface area contributed by atoms with Crippen molar-refractivity contribution in [2.24, 2.45) is 0 Å². The molecule has 2 rings (SSSR count). The fourth-order valence-corrected chi connectivity index (χ4v) is 4.19. The van der Waals surface area contributed by atoms with Gasteiger partial charge in [-0.15, -0.1) is 0 Å². The molecule has 0 saturated heterocycles. The first-order valence-electron chi connectivity index (χ1n) is 11.1. The highest BCUT2D eigenvalue weighted by atomic mass is 32.2. The van der Waals surface area contributed by atoms with Gasteiger partial charge in [-0.2, -0.15) is 4.72 Å². The van der Waals surface area contributed by atoms with Crippen LogP contribution in [0.15, 0.2) is 59.5 Å². The van der Waals surface area contributed by atoms with Crippen LogP contribution < -0.4 is 26.0 Å². The van der Waals surface area contributed by atoms with Gasteiger partial charge in [-0.3, -0.25) is 9.59 Å². The standard InChI is InChI=1S/C24H33N5O5S/c1-17-10-12-19(13-11-17)35(33,34)29-20(16-21(30)28-24(2,3)4)22(31)25-14-15-26-23(32)27-18-8-6-5-7-9-18/h5-13,20,29H,14-16H2,1-4H3,(H,25,31)(H,28,30)(H2,26,27,32)/t20-/m0/s1. The lowest BCUT2D eigenvalue weighted by Crippen LogP contribution is -2.51. The van der Waals surface area contributed by atoms with E-state index in [4.69, 9.17) is 0 Å². The van der Waals surface area contributed by atoms with Crippen molar-refractivity contribution in [1.29, 1.82) is 0 Å². The van der Waals surface area contributed by atoms with Crippen LogP contribution in [0.2, 0.25) is 0 Å². The lowest BCUT2D eigenvalue weighted by Gasteiger charge is -2.23. The summed E-state index contributed by atoms with van der Waals surface area (Å²) in [5.41, 5.74) is 0.945. The highest BCUT2D eigenvalue weighted by molar-refractivity contribution is 7.89. The van der Waals surface area contributed by atoms with Crippen LogP contribution in [0.4, 0.5) is 10.5 Å². The molecule has 11 heteroatoms. The average Bonchev–Trinajstić information content (AvgIpc) is 2.75. The molecule has 0 aromatic heterocycles. The first kappa shape index (κ1) is 27.8. The number of sulfonamides is 1. The fraction of sp³-hybridized carbons (Fsp3) is 0.375. The van der Waals surface area contributed by atoms with Gasteiger partial charge in [0.05, 0.1) is 11.3 Å². The maximum Gasteiger partial charge on any atom is 0.319 e. The van der Waals surface area contributed by atoms with E-state index < -0.39 is 45.9 Å². The predicted molar refractivity (Wildman–Crippen MR) is 134 cm³/mol. The van der Waals surface area contributed by atoms with Gasteiger partial charge in [0.25, 0.3) is 0 Å². The Bertz CT molecular complexity index is 1110. The van der Waals surface area contributed by atoms with Gasteiger partial charge in [-0.1, -0.05) is 35.9 Å². The van der Waals surface area contributed by atoms with Gasteiger partial charge < -0.3 is 21.3 Å². The van der Waals surface area contributed by atoms with Crippen molar-refractivity contribution in [3.05, 3.63) is 60.2 Å². The Morgan fingerprint density at radius 3 is 2.09 bits per heavy atom. The zero-order valence-electron chi connectivity index (χ0n) is 20.3. The molecule has 0 aliphatic heterocycles. The number of anilines is 1. The Labute approximate surface area is 206 Å². The molecule has 0 aliphatic rings. The number of urea groups is 1. The van der Waals surface area contributed by atoms with Crippen molar-refractivity contribution < 1.29 is 22.8 Å². The summed E-state index contributed by atoms with van der Waals surface area (Å²) >= 11 is 0. The minimum Gasteiger partial charge on any atom is -0.353 e. The van der Waals surface area contributed by atoms with E-state index in [9.17, 15) is 22.8 Å². The number of carbonyl (C=O) groups excluding carboxylic acids is 3. The number of hydrogen-bond donors (Lipinski definition) is 5. The molecule has 0 fully saturated rings. The smallest absolute Gasteiger partial charge is 0.319 e. The molecule has 0 heterocycles. The molecule has 5 N–H and O–H groups in total. The van der Waals surface area contributed by atoms with E-state index in [0.29, 0.717) is 5.69 Å². The first-order chi connectivity index (χ1) is 16.4. The molecule has 10 nitrogen and oxygen atoms in total. The molecule has 0 unspecified atom stereocenters. The van der Waals surface area contributed by atoms with E-state index in [1.165, 1.54) is 12.1 Å². The van der Waals surface area contributed by atoms with Gasteiger partial charge in [0.2, 0.25) is 21.8 Å². The second kappa shape index (κ2) is 12.3. The van der Waals surface area contributed by atoms with E-state index in [0.717, 1.165) is 5.56 Å². The van der Waals surface area contributed by atoms with E-state index >= 15 is 0 Å². The number of rotatable bonds is 10. The molecule has 2 aromatic carbocycles. The summed E-state index contributed by atoms with van der Waals surface area (Å²) < 4.78 is 28.0. The molecule has 0 bridgehead atoms. The molecule has 0 radical (unpaired) electrons. The van der Waals surface area contributed by atoms with Crippen molar-refractivity contribution in [2.75, 3.05) is 18.4 Å². The normalized spacial score (nSPS) is 12.3. The van der Waals surface area contributed by atoms with Crippen molar-refractivity contribution in [1.82, 2.24) is 20.7 Å². The van der Waals surface area contributed by atoms with Gasteiger partial charge in [-0.25, -0.2) is 13.2 Å². The van der Waals surface area contributed by atoms with Crippen molar-refractivity contribution in [3.63, 3.8) is 0 Å². The monoisotopic (exact) mass is 503 g/mol. The zero-order chi connectivity index (χ0) is 26.1. The number of hydrogen-bond acceptors (Lipinski definition) is 5. The quantitative estimate of drug-likeness (QED) is 0.314. The van der Waals surface area contributed by atoms with Gasteiger partial charge >= 0.3 is 6.03 Å². The lowest BCUT2D eigenvalue weighted by molar-refractivity contribution is -0.128. The number of nitrogens with one attached hydrogen (secondary N) is 5. The molecular weight excluding hydrogens is 470 g/mol. The predicted octanol–water partition coefficient (Wildman–Crippen LogP) is 1.88. The van der Waals surface area contributed by atoms with Crippen LogP contribution >= 0.6 is 0 Å². The third kappa shape index (κ3) is 10.1. The number of aryl methyl sites for hydroxylation is 1. The number of para-hydroxylation sites is 1. The molecule has 0 aliphatic carbocycles. The lowest BCUT2D eigenvalue weighted by atomic mass is 10.1. The van der Waals surface area contributed by atoms with Crippen LogP contribution in [0.3, 0.4) is 0 Å². The van der Waals surface area contributed by atoms with Crippen LogP contribution in [0.5, 0.6) is 0 Å². The summed E-state index contributed by atoms with van der Waals surface area (Å²) in [5.74, 6) is -1.17. The van der Waals surface area contributed by atoms with Gasteiger partial charge in [0.1, 0.15) is 6.04 Å². The van der Waals surface area contributed by atoms with E-state index in [-0.39, 0.29) is 18.0 Å². The third-order valence-corrected chi connectivity index (χ3v) is 6.08. The molecule has 190 valence electrons. The first-order valence-corrected chi connectivity index (χ1v) is 12.6. The summed E-state index contributed by atoms with van der Waals surface area (Å²) in [4.78, 5) is 37.2. The topological polar surface area (TPSA) is 146 Å². The van der Waals surface area contributed by atoms with Gasteiger partial charge in [0.15, 0.2) is 0 Å². The molecule has 35 heavy (non-hydrogen) atoms. The summed E-state index contributed by atoms with van der Waals surface area (Å²) in [6.45, 7) is 7.29. The molecule has 4 amide bonds. The van der Waals surface area contributed by atoms with Crippen molar-refractivity contribution >= 4 is 33.6 Å². The Morgan fingerprint density at radius 1 is 0.886 bits per heavy atom. The largest absolute Gasteiger partial charge is 0.353 e. The van der Waals surface area contributed by atoms with Crippen LogP contribution in [0.25, 0.3) is 0 Å². The van der Waals surface area contributed by atoms with Crippen LogP contribution in [-0.4, -0.2) is 50.9 Å². The van der Waals surface area contributed by atoms with Gasteiger partial charge in [-0.05, 0) is 52.0 Å². The maximum absolute atomic E-state index is 12.8. The third-order valence-electron chi connectivity index (χ3n) is 4.59. The molecule has 1 atom stereocenters. The second-order valence-corrected chi connectivity index (χ2v) is 10.7. The Balaban J connectivity index is 1.99. The number of amides is 4. The maximum atomic E-state index is 12.8. The Hall–Kier alpha value is -3.44. The molecule has 0 saturated carbocycles. The number of carbonyl (C=O) groups is 3. The van der Waals surface area contributed by atoms with Crippen LogP contribution in [0, 0.1) is 6.92 Å². The highest BCUT2D eigenvalue weighted by Crippen LogP contribution is 2.12. The van der Waals surface area contributed by atoms with Crippen LogP contribution in [0.1, 0.15) is 32.8 Å². The highest BCUT2D eigenvalue weighted by Gasteiger charge is 2.29. The minimum absolute atomic E-state index is 0.0172. The number of benzene rings is 2. The summed E-state index contributed by atoms with van der Waals surface area (Å²) in [7, 11) is -4.06. The molecular formula is C24H33N5O5S. The van der Waals surface area contributed by atoms with Crippen molar-refractivity contribution in [3.8, 4) is 0 Å². The minimum atomic E-state index is -4.06. The summed E-state index contributed by atoms with van der Waals surface area (Å²) in [6, 6.07) is 13.2.